The first-order chi connectivity index (χ1) is 6.46. The number of ether oxygens (including phenoxy) is 1. The minimum atomic E-state index is -1.12. The molecule has 0 unspecified atom stereocenters. The molecule has 14 heavy (non-hydrogen) atoms. The van der Waals surface area contributed by atoms with Crippen molar-refractivity contribution < 1.29 is 24.5 Å². The van der Waals surface area contributed by atoms with Gasteiger partial charge in [-0.05, 0) is 6.92 Å². The van der Waals surface area contributed by atoms with Crippen LogP contribution in [0.4, 0.5) is 0 Å². The van der Waals surface area contributed by atoms with Crippen LogP contribution in [0.2, 0.25) is 0 Å². The van der Waals surface area contributed by atoms with Crippen LogP contribution in [-0.2, 0) is 14.3 Å². The van der Waals surface area contributed by atoms with E-state index in [2.05, 4.69) is 0 Å². The molecule has 76 valence electrons. The second-order valence-corrected chi connectivity index (χ2v) is 3.81. The van der Waals surface area contributed by atoms with Crippen LogP contribution in [0.5, 0.6) is 0 Å². The molecule has 0 aromatic heterocycles. The number of hydrogen-bond donors (Lipinski definition) is 2. The zero-order valence-corrected chi connectivity index (χ0v) is 7.51. The molecule has 0 spiro atoms. The van der Waals surface area contributed by atoms with Crippen molar-refractivity contribution in [1.29, 1.82) is 0 Å². The quantitative estimate of drug-likeness (QED) is 0.615. The van der Waals surface area contributed by atoms with Crippen molar-refractivity contribution in [2.75, 3.05) is 0 Å². The van der Waals surface area contributed by atoms with Crippen molar-refractivity contribution in [2.45, 2.75) is 18.6 Å². The van der Waals surface area contributed by atoms with Crippen LogP contribution in [0.25, 0.3) is 0 Å². The number of carboxylic acid groups (broad SMARTS) is 2. The van der Waals surface area contributed by atoms with E-state index < -0.39 is 35.5 Å². The summed E-state index contributed by atoms with van der Waals surface area (Å²) < 4.78 is 5.33. The third-order valence-corrected chi connectivity index (χ3v) is 2.89. The van der Waals surface area contributed by atoms with Crippen molar-refractivity contribution in [3.63, 3.8) is 0 Å². The maximum atomic E-state index is 10.9. The van der Waals surface area contributed by atoms with Crippen molar-refractivity contribution in [3.8, 4) is 0 Å². The Balaban J connectivity index is 2.41. The summed E-state index contributed by atoms with van der Waals surface area (Å²) >= 11 is 0. The molecule has 0 amide bonds. The molecule has 0 aromatic rings. The van der Waals surface area contributed by atoms with Crippen LogP contribution < -0.4 is 0 Å². The highest BCUT2D eigenvalue weighted by Crippen LogP contribution is 2.46. The number of aliphatic carboxylic acids is 2. The first-order valence-electron chi connectivity index (χ1n) is 4.28. The van der Waals surface area contributed by atoms with E-state index in [0.717, 1.165) is 0 Å². The maximum absolute atomic E-state index is 10.9. The molecular formula is C9H10O5. The van der Waals surface area contributed by atoms with Gasteiger partial charge in [0.05, 0.1) is 11.7 Å². The third kappa shape index (κ3) is 0.988. The van der Waals surface area contributed by atoms with E-state index in [-0.39, 0.29) is 0 Å². The average molecular weight is 198 g/mol. The Hall–Kier alpha value is -1.36. The van der Waals surface area contributed by atoms with E-state index in [1.807, 2.05) is 0 Å². The molecule has 5 heteroatoms. The Morgan fingerprint density at radius 2 is 2.00 bits per heavy atom. The van der Waals surface area contributed by atoms with Crippen LogP contribution in [0.3, 0.4) is 0 Å². The summed E-state index contributed by atoms with van der Waals surface area (Å²) in [7, 11) is 0. The molecule has 2 rings (SSSR count). The molecule has 1 saturated heterocycles. The topological polar surface area (TPSA) is 83.8 Å². The normalized spacial score (nSPS) is 44.2. The van der Waals surface area contributed by atoms with Crippen LogP contribution in [0.15, 0.2) is 12.2 Å². The number of hydrogen-bond acceptors (Lipinski definition) is 3. The lowest BCUT2D eigenvalue weighted by molar-refractivity contribution is -0.154. The summed E-state index contributed by atoms with van der Waals surface area (Å²) in [5.41, 5.74) is -0.959. The molecule has 2 aliphatic heterocycles. The Morgan fingerprint density at radius 1 is 1.36 bits per heavy atom. The molecular weight excluding hydrogens is 188 g/mol. The van der Waals surface area contributed by atoms with Crippen LogP contribution in [0, 0.1) is 11.8 Å². The van der Waals surface area contributed by atoms with E-state index in [1.54, 1.807) is 19.1 Å². The molecule has 2 bridgehead atoms. The van der Waals surface area contributed by atoms with Crippen molar-refractivity contribution >= 4 is 11.9 Å². The largest absolute Gasteiger partial charge is 0.481 e. The van der Waals surface area contributed by atoms with E-state index >= 15 is 0 Å². The molecule has 0 radical (unpaired) electrons. The molecule has 0 aromatic carbocycles. The first-order valence-corrected chi connectivity index (χ1v) is 4.28. The van der Waals surface area contributed by atoms with Crippen LogP contribution >= 0.6 is 0 Å². The van der Waals surface area contributed by atoms with Crippen molar-refractivity contribution in [2.24, 2.45) is 11.8 Å². The van der Waals surface area contributed by atoms with Gasteiger partial charge >= 0.3 is 11.9 Å². The van der Waals surface area contributed by atoms with Gasteiger partial charge in [-0.2, -0.15) is 0 Å². The summed E-state index contributed by atoms with van der Waals surface area (Å²) in [5, 5.41) is 17.8. The number of carbonyl (C=O) groups is 2. The fraction of sp³-hybridized carbons (Fsp3) is 0.556. The number of rotatable bonds is 2. The first kappa shape index (κ1) is 9.21. The van der Waals surface area contributed by atoms with Crippen LogP contribution in [-0.4, -0.2) is 33.9 Å². The second-order valence-electron chi connectivity index (χ2n) is 3.81. The smallest absolute Gasteiger partial charge is 0.310 e. The lowest BCUT2D eigenvalue weighted by atomic mass is 9.76. The molecule has 0 aliphatic carbocycles. The van der Waals surface area contributed by atoms with Gasteiger partial charge in [0.2, 0.25) is 0 Å². The lowest BCUT2D eigenvalue weighted by Gasteiger charge is -2.24. The Bertz CT molecular complexity index is 334. The highest BCUT2D eigenvalue weighted by Gasteiger charge is 2.60. The van der Waals surface area contributed by atoms with Gasteiger partial charge in [-0.15, -0.1) is 0 Å². The standard InChI is InChI=1S/C9H10O5/c1-9-3-2-4(14-9)5(7(10)11)6(9)8(12)13/h2-6H,1H3,(H,10,11)(H,12,13)/t4-,5-,6-,9-/m0/s1. The third-order valence-electron chi connectivity index (χ3n) is 2.89. The Kier molecular flexibility index (Phi) is 1.69. The average Bonchev–Trinajstić information content (AvgIpc) is 2.55. The molecule has 5 nitrogen and oxygen atoms in total. The maximum Gasteiger partial charge on any atom is 0.310 e. The van der Waals surface area contributed by atoms with Gasteiger partial charge in [0.1, 0.15) is 11.8 Å². The highest BCUT2D eigenvalue weighted by molar-refractivity contribution is 5.83. The van der Waals surface area contributed by atoms with E-state index in [4.69, 9.17) is 14.9 Å². The van der Waals surface area contributed by atoms with Gasteiger partial charge in [0.25, 0.3) is 0 Å². The summed E-state index contributed by atoms with van der Waals surface area (Å²) in [5.74, 6) is -4.19. The molecule has 4 atom stereocenters. The number of carboxylic acids is 2. The van der Waals surface area contributed by atoms with Gasteiger partial charge in [-0.3, -0.25) is 9.59 Å². The monoisotopic (exact) mass is 198 g/mol. The molecule has 2 heterocycles. The fourth-order valence-electron chi connectivity index (χ4n) is 2.26. The molecule has 2 aliphatic rings. The predicted molar refractivity (Wildman–Crippen MR) is 44.7 cm³/mol. The van der Waals surface area contributed by atoms with Gasteiger partial charge in [-0.25, -0.2) is 0 Å². The molecule has 1 fully saturated rings. The summed E-state index contributed by atoms with van der Waals surface area (Å²) in [6.45, 7) is 1.60. The summed E-state index contributed by atoms with van der Waals surface area (Å²) in [6.07, 6.45) is 2.66. The second kappa shape index (κ2) is 2.57. The van der Waals surface area contributed by atoms with Gasteiger partial charge < -0.3 is 14.9 Å². The fourth-order valence-corrected chi connectivity index (χ4v) is 2.26. The van der Waals surface area contributed by atoms with Gasteiger partial charge in [0.15, 0.2) is 0 Å². The van der Waals surface area contributed by atoms with Crippen molar-refractivity contribution in [1.82, 2.24) is 0 Å². The van der Waals surface area contributed by atoms with Gasteiger partial charge in [-0.1, -0.05) is 12.2 Å². The Labute approximate surface area is 80.0 Å². The van der Waals surface area contributed by atoms with Crippen LogP contribution in [0.1, 0.15) is 6.92 Å². The molecule has 2 N–H and O–H groups in total. The number of fused-ring (bicyclic) bond motifs is 2. The lowest BCUT2D eigenvalue weighted by Crippen LogP contribution is -2.41. The van der Waals surface area contributed by atoms with E-state index in [9.17, 15) is 9.59 Å². The Morgan fingerprint density at radius 3 is 2.43 bits per heavy atom. The van der Waals surface area contributed by atoms with Gasteiger partial charge in [0, 0.05) is 0 Å². The minimum Gasteiger partial charge on any atom is -0.481 e. The predicted octanol–water partition coefficient (Wildman–Crippen LogP) is 0.115. The SMILES string of the molecule is C[C@@]12C=C[C@H](O1)[C@H](C(=O)O)[C@H]2C(=O)O. The minimum absolute atomic E-state index is 0.599. The summed E-state index contributed by atoms with van der Waals surface area (Å²) in [4.78, 5) is 21.8. The van der Waals surface area contributed by atoms with E-state index in [0.29, 0.717) is 0 Å². The van der Waals surface area contributed by atoms with E-state index in [1.165, 1.54) is 0 Å². The summed E-state index contributed by atoms with van der Waals surface area (Å²) in [6, 6.07) is 0. The van der Waals surface area contributed by atoms with Crippen molar-refractivity contribution in [3.05, 3.63) is 12.2 Å². The zero-order chi connectivity index (χ0) is 10.5. The molecule has 0 saturated carbocycles. The zero-order valence-electron chi connectivity index (χ0n) is 7.51. The highest BCUT2D eigenvalue weighted by atomic mass is 16.5.